The fourth-order valence-corrected chi connectivity index (χ4v) is 2.87. The highest BCUT2D eigenvalue weighted by Gasteiger charge is 2.28. The van der Waals surface area contributed by atoms with E-state index >= 15 is 0 Å². The van der Waals surface area contributed by atoms with E-state index in [1.165, 1.54) is 33.4 Å². The highest BCUT2D eigenvalue weighted by atomic mass is 16.6. The van der Waals surface area contributed by atoms with Crippen molar-refractivity contribution in [2.75, 3.05) is 6.61 Å². The first-order valence-corrected chi connectivity index (χ1v) is 6.24. The number of rotatable bonds is 2. The second-order valence-electron chi connectivity index (χ2n) is 5.07. The molecular weight excluding hydrogens is 222 g/mol. The largest absolute Gasteiger partial charge is 0.304 e. The molecular formula is C16H17NO. The van der Waals surface area contributed by atoms with Gasteiger partial charge in [0.2, 0.25) is 0 Å². The minimum Gasteiger partial charge on any atom is -0.304 e. The van der Waals surface area contributed by atoms with Gasteiger partial charge in [-0.15, -0.1) is 0 Å². The molecule has 18 heavy (non-hydrogen) atoms. The third-order valence-corrected chi connectivity index (χ3v) is 3.72. The molecule has 1 aliphatic carbocycles. The van der Waals surface area contributed by atoms with Crippen molar-refractivity contribution in [3.05, 3.63) is 58.7 Å². The molecule has 3 rings (SSSR count). The van der Waals surface area contributed by atoms with E-state index in [1.54, 1.807) is 0 Å². The normalized spacial score (nSPS) is 13.5. The summed E-state index contributed by atoms with van der Waals surface area (Å²) < 4.78 is 0. The summed E-state index contributed by atoms with van der Waals surface area (Å²) in [6.07, 6.45) is 0. The predicted octanol–water partition coefficient (Wildman–Crippen LogP) is 3.31. The maximum atomic E-state index is 5.30. The zero-order valence-corrected chi connectivity index (χ0v) is 10.7. The van der Waals surface area contributed by atoms with Crippen LogP contribution in [-0.4, -0.2) is 6.61 Å². The molecule has 2 aromatic carbocycles. The average Bonchev–Trinajstić information content (AvgIpc) is 2.63. The molecule has 2 N–H and O–H groups in total. The van der Waals surface area contributed by atoms with Crippen LogP contribution in [0.3, 0.4) is 0 Å². The fraction of sp³-hybridized carbons (Fsp3) is 0.250. The molecule has 0 saturated carbocycles. The second kappa shape index (κ2) is 4.23. The summed E-state index contributed by atoms with van der Waals surface area (Å²) in [5.74, 6) is 5.56. The van der Waals surface area contributed by atoms with Crippen LogP contribution in [0.2, 0.25) is 0 Å². The summed E-state index contributed by atoms with van der Waals surface area (Å²) in [7, 11) is 0. The molecule has 2 nitrogen and oxygen atoms in total. The van der Waals surface area contributed by atoms with Crippen molar-refractivity contribution in [2.45, 2.75) is 19.8 Å². The molecule has 2 aromatic rings. The molecule has 0 bridgehead atoms. The summed E-state index contributed by atoms with van der Waals surface area (Å²) in [4.78, 5) is 4.92. The Bertz CT molecular complexity index is 553. The standard InChI is InChI=1S/C16H17NO/c1-10-3-5-12-13-6-4-11(2)8-15(13)16(9-18-17)14(12)7-10/h3-8,16H,9,17H2,1-2H3. The van der Waals surface area contributed by atoms with Gasteiger partial charge >= 0.3 is 0 Å². The lowest BCUT2D eigenvalue weighted by Crippen LogP contribution is -2.10. The quantitative estimate of drug-likeness (QED) is 0.816. The zero-order valence-electron chi connectivity index (χ0n) is 10.7. The van der Waals surface area contributed by atoms with Crippen LogP contribution in [0, 0.1) is 13.8 Å². The van der Waals surface area contributed by atoms with Crippen LogP contribution in [0.15, 0.2) is 36.4 Å². The fourth-order valence-electron chi connectivity index (χ4n) is 2.87. The number of benzene rings is 2. The SMILES string of the molecule is Cc1ccc2c(c1)C(CON)c1cc(C)ccc1-2. The number of hydrogen-bond donors (Lipinski definition) is 1. The van der Waals surface area contributed by atoms with Gasteiger partial charge < -0.3 is 4.84 Å². The lowest BCUT2D eigenvalue weighted by Gasteiger charge is -2.12. The van der Waals surface area contributed by atoms with Gasteiger partial charge in [0.05, 0.1) is 6.61 Å². The van der Waals surface area contributed by atoms with E-state index in [-0.39, 0.29) is 5.92 Å². The molecule has 0 spiro atoms. The van der Waals surface area contributed by atoms with E-state index in [0.29, 0.717) is 6.61 Å². The molecule has 92 valence electrons. The summed E-state index contributed by atoms with van der Waals surface area (Å²) >= 11 is 0. The minimum atomic E-state index is 0.264. The molecule has 0 fully saturated rings. The first kappa shape index (κ1) is 11.5. The molecule has 0 unspecified atom stereocenters. The molecule has 0 heterocycles. The summed E-state index contributed by atoms with van der Waals surface area (Å²) in [5.41, 5.74) is 7.86. The Labute approximate surface area is 107 Å². The summed E-state index contributed by atoms with van der Waals surface area (Å²) in [5, 5.41) is 0. The van der Waals surface area contributed by atoms with Crippen LogP contribution in [0.25, 0.3) is 11.1 Å². The van der Waals surface area contributed by atoms with Crippen molar-refractivity contribution in [2.24, 2.45) is 5.90 Å². The van der Waals surface area contributed by atoms with Gasteiger partial charge in [-0.1, -0.05) is 47.5 Å². The Balaban J connectivity index is 2.22. The summed E-state index contributed by atoms with van der Waals surface area (Å²) in [6, 6.07) is 13.2. The van der Waals surface area contributed by atoms with Crippen LogP contribution in [0.4, 0.5) is 0 Å². The third kappa shape index (κ3) is 1.65. The Morgan fingerprint density at radius 1 is 0.944 bits per heavy atom. The third-order valence-electron chi connectivity index (χ3n) is 3.72. The molecule has 0 saturated heterocycles. The molecule has 0 amide bonds. The lowest BCUT2D eigenvalue weighted by molar-refractivity contribution is 0.131. The van der Waals surface area contributed by atoms with Gasteiger partial charge in [0.15, 0.2) is 0 Å². The van der Waals surface area contributed by atoms with Crippen molar-refractivity contribution in [1.82, 2.24) is 0 Å². The van der Waals surface area contributed by atoms with E-state index in [9.17, 15) is 0 Å². The molecule has 0 aromatic heterocycles. The number of hydrogen-bond acceptors (Lipinski definition) is 2. The first-order valence-electron chi connectivity index (χ1n) is 6.24. The Morgan fingerprint density at radius 3 is 1.89 bits per heavy atom. The van der Waals surface area contributed by atoms with E-state index in [4.69, 9.17) is 10.7 Å². The van der Waals surface area contributed by atoms with Crippen molar-refractivity contribution in [1.29, 1.82) is 0 Å². The number of aryl methyl sites for hydroxylation is 2. The van der Waals surface area contributed by atoms with E-state index < -0.39 is 0 Å². The number of nitrogens with two attached hydrogens (primary N) is 1. The van der Waals surface area contributed by atoms with Crippen LogP contribution >= 0.6 is 0 Å². The minimum absolute atomic E-state index is 0.264. The summed E-state index contributed by atoms with van der Waals surface area (Å²) in [6.45, 7) is 4.77. The van der Waals surface area contributed by atoms with E-state index in [0.717, 1.165) is 0 Å². The highest BCUT2D eigenvalue weighted by molar-refractivity contribution is 5.79. The van der Waals surface area contributed by atoms with Gasteiger partial charge in [0.1, 0.15) is 0 Å². The van der Waals surface area contributed by atoms with Crippen molar-refractivity contribution >= 4 is 0 Å². The topological polar surface area (TPSA) is 35.2 Å². The molecule has 0 radical (unpaired) electrons. The van der Waals surface area contributed by atoms with E-state index in [1.807, 2.05) is 0 Å². The first-order chi connectivity index (χ1) is 8.70. The maximum Gasteiger partial charge on any atom is 0.0788 e. The maximum absolute atomic E-state index is 5.30. The van der Waals surface area contributed by atoms with Crippen LogP contribution < -0.4 is 5.90 Å². The predicted molar refractivity (Wildman–Crippen MR) is 73.3 cm³/mol. The monoisotopic (exact) mass is 239 g/mol. The molecule has 0 atom stereocenters. The van der Waals surface area contributed by atoms with Gasteiger partial charge in [-0.05, 0) is 36.1 Å². The van der Waals surface area contributed by atoms with Gasteiger partial charge in [0.25, 0.3) is 0 Å². The Hall–Kier alpha value is -1.64. The van der Waals surface area contributed by atoms with Crippen molar-refractivity contribution in [3.8, 4) is 11.1 Å². The zero-order chi connectivity index (χ0) is 12.7. The second-order valence-corrected chi connectivity index (χ2v) is 5.07. The smallest absolute Gasteiger partial charge is 0.0788 e. The van der Waals surface area contributed by atoms with Crippen molar-refractivity contribution in [3.63, 3.8) is 0 Å². The van der Waals surface area contributed by atoms with Crippen LogP contribution in [0.5, 0.6) is 0 Å². The van der Waals surface area contributed by atoms with Crippen LogP contribution in [-0.2, 0) is 4.84 Å². The van der Waals surface area contributed by atoms with Gasteiger partial charge in [-0.25, -0.2) is 5.90 Å². The van der Waals surface area contributed by atoms with Gasteiger partial charge in [-0.2, -0.15) is 0 Å². The lowest BCUT2D eigenvalue weighted by atomic mass is 9.96. The highest BCUT2D eigenvalue weighted by Crippen LogP contribution is 2.45. The number of fused-ring (bicyclic) bond motifs is 3. The Kier molecular flexibility index (Phi) is 2.69. The average molecular weight is 239 g/mol. The molecule has 1 aliphatic rings. The van der Waals surface area contributed by atoms with Gasteiger partial charge in [-0.3, -0.25) is 0 Å². The molecule has 0 aliphatic heterocycles. The van der Waals surface area contributed by atoms with E-state index in [2.05, 4.69) is 50.2 Å². The molecule has 2 heteroatoms. The Morgan fingerprint density at radius 2 is 1.44 bits per heavy atom. The van der Waals surface area contributed by atoms with Gasteiger partial charge in [0, 0.05) is 5.92 Å². The van der Waals surface area contributed by atoms with Crippen molar-refractivity contribution < 1.29 is 4.84 Å². The van der Waals surface area contributed by atoms with Crippen LogP contribution in [0.1, 0.15) is 28.2 Å².